The molecule has 0 radical (unpaired) electrons. The first-order valence-corrected chi connectivity index (χ1v) is 9.61. The van der Waals surface area contributed by atoms with E-state index < -0.39 is 5.60 Å². The fourth-order valence-electron chi connectivity index (χ4n) is 6.99. The van der Waals surface area contributed by atoms with E-state index >= 15 is 0 Å². The summed E-state index contributed by atoms with van der Waals surface area (Å²) in [5, 5.41) is 11.3. The molecule has 0 amide bonds. The molecule has 0 aromatic carbocycles. The molecular formula is C21H32O. The van der Waals surface area contributed by atoms with Crippen molar-refractivity contribution in [3.63, 3.8) is 0 Å². The van der Waals surface area contributed by atoms with Gasteiger partial charge in [0.1, 0.15) is 0 Å². The van der Waals surface area contributed by atoms with E-state index in [-0.39, 0.29) is 5.41 Å². The van der Waals surface area contributed by atoms with Crippen LogP contribution in [0.2, 0.25) is 0 Å². The van der Waals surface area contributed by atoms with Crippen LogP contribution < -0.4 is 0 Å². The summed E-state index contributed by atoms with van der Waals surface area (Å²) in [6.07, 6.45) is 17.0. The first kappa shape index (κ1) is 15.0. The van der Waals surface area contributed by atoms with Crippen molar-refractivity contribution in [2.24, 2.45) is 29.1 Å². The van der Waals surface area contributed by atoms with E-state index in [2.05, 4.69) is 19.6 Å². The Bertz CT molecular complexity index is 492. The lowest BCUT2D eigenvalue weighted by Gasteiger charge is -2.55. The number of aliphatic hydroxyl groups is 1. The van der Waals surface area contributed by atoms with Gasteiger partial charge in [0.05, 0.1) is 5.60 Å². The Labute approximate surface area is 135 Å². The van der Waals surface area contributed by atoms with Crippen molar-refractivity contribution in [3.05, 3.63) is 24.3 Å². The second-order valence-corrected chi connectivity index (χ2v) is 8.81. The van der Waals surface area contributed by atoms with Crippen LogP contribution in [0.3, 0.4) is 0 Å². The van der Waals surface area contributed by atoms with Crippen molar-refractivity contribution in [1.29, 1.82) is 0 Å². The lowest BCUT2D eigenvalue weighted by molar-refractivity contribution is -0.115. The summed E-state index contributed by atoms with van der Waals surface area (Å²) in [5.41, 5.74) is 1.46. The molecule has 0 aromatic rings. The van der Waals surface area contributed by atoms with Gasteiger partial charge in [-0.05, 0) is 93.3 Å². The molecule has 122 valence electrons. The van der Waals surface area contributed by atoms with Crippen molar-refractivity contribution in [2.45, 2.75) is 76.7 Å². The van der Waals surface area contributed by atoms with Gasteiger partial charge < -0.3 is 5.11 Å². The average molecular weight is 300 g/mol. The van der Waals surface area contributed by atoms with Gasteiger partial charge in [-0.15, -0.1) is 6.58 Å². The van der Waals surface area contributed by atoms with Crippen molar-refractivity contribution in [1.82, 2.24) is 0 Å². The van der Waals surface area contributed by atoms with Crippen molar-refractivity contribution >= 4 is 0 Å². The van der Waals surface area contributed by atoms with Gasteiger partial charge in [0.25, 0.3) is 0 Å². The normalized spacial score (nSPS) is 50.5. The highest BCUT2D eigenvalue weighted by atomic mass is 16.3. The van der Waals surface area contributed by atoms with E-state index in [0.29, 0.717) is 0 Å². The highest BCUT2D eigenvalue weighted by Crippen LogP contribution is 2.65. The molecule has 0 heterocycles. The summed E-state index contributed by atoms with van der Waals surface area (Å²) >= 11 is 0. The van der Waals surface area contributed by atoms with E-state index in [1.807, 2.05) is 6.08 Å². The molecule has 22 heavy (non-hydrogen) atoms. The van der Waals surface area contributed by atoms with Crippen LogP contribution in [0.1, 0.15) is 71.1 Å². The lowest BCUT2D eigenvalue weighted by atomic mass is 9.50. The minimum Gasteiger partial charge on any atom is -0.389 e. The van der Waals surface area contributed by atoms with Gasteiger partial charge in [0, 0.05) is 0 Å². The molecule has 3 fully saturated rings. The third kappa shape index (κ3) is 1.94. The Kier molecular flexibility index (Phi) is 3.56. The van der Waals surface area contributed by atoms with Gasteiger partial charge in [0.2, 0.25) is 0 Å². The Balaban J connectivity index is 1.62. The summed E-state index contributed by atoms with van der Waals surface area (Å²) in [7, 11) is 0. The van der Waals surface area contributed by atoms with Crippen LogP contribution in [0.25, 0.3) is 0 Å². The van der Waals surface area contributed by atoms with E-state index in [0.717, 1.165) is 36.5 Å². The molecule has 1 unspecified atom stereocenters. The van der Waals surface area contributed by atoms with Crippen LogP contribution in [0.15, 0.2) is 24.3 Å². The van der Waals surface area contributed by atoms with Gasteiger partial charge in [-0.2, -0.15) is 0 Å². The molecule has 0 saturated heterocycles. The number of hydrogen-bond donors (Lipinski definition) is 1. The Morgan fingerprint density at radius 3 is 2.91 bits per heavy atom. The summed E-state index contributed by atoms with van der Waals surface area (Å²) in [5.74, 6) is 3.44. The third-order valence-electron chi connectivity index (χ3n) is 8.18. The Morgan fingerprint density at radius 1 is 1.23 bits per heavy atom. The van der Waals surface area contributed by atoms with Crippen LogP contribution >= 0.6 is 0 Å². The average Bonchev–Trinajstić information content (AvgIpc) is 2.79. The summed E-state index contributed by atoms with van der Waals surface area (Å²) < 4.78 is 0. The van der Waals surface area contributed by atoms with Crippen molar-refractivity contribution in [2.75, 3.05) is 0 Å². The second-order valence-electron chi connectivity index (χ2n) is 8.81. The first-order chi connectivity index (χ1) is 10.6. The maximum atomic E-state index is 11.3. The number of allylic oxidation sites excluding steroid dienone is 2. The Hall–Kier alpha value is -0.560. The quantitative estimate of drug-likeness (QED) is 0.690. The zero-order chi connectivity index (χ0) is 15.4. The van der Waals surface area contributed by atoms with E-state index in [4.69, 9.17) is 0 Å². The molecule has 1 nitrogen and oxygen atoms in total. The zero-order valence-electron chi connectivity index (χ0n) is 14.2. The molecular weight excluding hydrogens is 268 g/mol. The van der Waals surface area contributed by atoms with E-state index in [9.17, 15) is 5.11 Å². The molecule has 0 aliphatic heterocycles. The number of hydrogen-bond acceptors (Lipinski definition) is 1. The molecule has 6 atom stereocenters. The summed E-state index contributed by atoms with van der Waals surface area (Å²) in [6.45, 7) is 6.31. The van der Waals surface area contributed by atoms with Crippen LogP contribution in [-0.2, 0) is 0 Å². The van der Waals surface area contributed by atoms with Gasteiger partial charge >= 0.3 is 0 Å². The van der Waals surface area contributed by atoms with Crippen LogP contribution in [0.4, 0.5) is 0 Å². The largest absolute Gasteiger partial charge is 0.389 e. The fraction of sp³-hybridized carbons (Fsp3) is 0.810. The molecule has 4 rings (SSSR count). The number of fused-ring (bicyclic) bond motifs is 5. The van der Waals surface area contributed by atoms with Crippen molar-refractivity contribution in [3.8, 4) is 0 Å². The zero-order valence-corrected chi connectivity index (χ0v) is 14.2. The SMILES string of the molecule is C=CC[C@]1(O)CC[C@H]2[C@@H]3CCC4=CCCCC4[C@H]3CC[C@@]21C. The predicted molar refractivity (Wildman–Crippen MR) is 91.5 cm³/mol. The van der Waals surface area contributed by atoms with Crippen molar-refractivity contribution < 1.29 is 5.11 Å². The minimum absolute atomic E-state index is 0.137. The van der Waals surface area contributed by atoms with Gasteiger partial charge in [0.15, 0.2) is 0 Å². The number of rotatable bonds is 2. The highest BCUT2D eigenvalue weighted by Gasteiger charge is 2.61. The lowest BCUT2D eigenvalue weighted by Crippen LogP contribution is -2.52. The monoisotopic (exact) mass is 300 g/mol. The van der Waals surface area contributed by atoms with E-state index in [1.54, 1.807) is 5.57 Å². The van der Waals surface area contributed by atoms with Crippen LogP contribution in [-0.4, -0.2) is 10.7 Å². The molecule has 1 heteroatoms. The Morgan fingerprint density at radius 2 is 2.09 bits per heavy atom. The van der Waals surface area contributed by atoms with Gasteiger partial charge in [-0.1, -0.05) is 24.6 Å². The highest BCUT2D eigenvalue weighted by molar-refractivity contribution is 5.20. The molecule has 1 N–H and O–H groups in total. The van der Waals surface area contributed by atoms with E-state index in [1.165, 1.54) is 51.4 Å². The summed E-state index contributed by atoms with van der Waals surface area (Å²) in [6, 6.07) is 0. The molecule has 4 aliphatic rings. The second kappa shape index (κ2) is 5.23. The van der Waals surface area contributed by atoms with Crippen LogP contribution in [0.5, 0.6) is 0 Å². The van der Waals surface area contributed by atoms with Gasteiger partial charge in [-0.25, -0.2) is 0 Å². The minimum atomic E-state index is -0.479. The summed E-state index contributed by atoms with van der Waals surface area (Å²) in [4.78, 5) is 0. The molecule has 0 spiro atoms. The molecule has 3 saturated carbocycles. The molecule has 0 bridgehead atoms. The van der Waals surface area contributed by atoms with Crippen LogP contribution in [0, 0.1) is 29.1 Å². The topological polar surface area (TPSA) is 20.2 Å². The maximum Gasteiger partial charge on any atom is 0.0738 e. The van der Waals surface area contributed by atoms with Gasteiger partial charge in [-0.3, -0.25) is 0 Å². The molecule has 0 aromatic heterocycles. The standard InChI is InChI=1S/C21H32O/c1-3-12-21(22)14-11-19-18-9-8-15-6-4-5-7-16(15)17(18)10-13-20(19,21)2/h3,6,16-19,22H,1,4-5,7-14H2,2H3/t16?,17-,18-,19+,20+,21+/m1/s1. The maximum absolute atomic E-state index is 11.3. The fourth-order valence-corrected chi connectivity index (χ4v) is 6.99. The molecule has 4 aliphatic carbocycles. The smallest absolute Gasteiger partial charge is 0.0738 e. The third-order valence-corrected chi connectivity index (χ3v) is 8.18. The first-order valence-electron chi connectivity index (χ1n) is 9.61. The predicted octanol–water partition coefficient (Wildman–Crippen LogP) is 5.26.